The summed E-state index contributed by atoms with van der Waals surface area (Å²) in [6.45, 7) is 1.43. The molecule has 12 heteroatoms. The van der Waals surface area contributed by atoms with Gasteiger partial charge in [-0.1, -0.05) is 65.1 Å². The summed E-state index contributed by atoms with van der Waals surface area (Å²) in [5.74, 6) is -0.717. The van der Waals surface area contributed by atoms with Crippen LogP contribution in [0.4, 0.5) is 5.00 Å². The molecule has 35 heavy (non-hydrogen) atoms. The van der Waals surface area contributed by atoms with E-state index in [1.54, 1.807) is 4.90 Å². The third kappa shape index (κ3) is 5.92. The van der Waals surface area contributed by atoms with Gasteiger partial charge in [0.05, 0.1) is 18.2 Å². The van der Waals surface area contributed by atoms with Crippen LogP contribution in [0.25, 0.3) is 0 Å². The molecule has 188 valence electrons. The summed E-state index contributed by atoms with van der Waals surface area (Å²) in [5.41, 5.74) is -0.192. The second-order valence-corrected chi connectivity index (χ2v) is 13.0. The molecule has 2 unspecified atom stereocenters. The van der Waals surface area contributed by atoms with E-state index in [1.807, 2.05) is 47.8 Å². The SMILES string of the molecule is CC(=O)N(c1cccs1)C1C(=O)N2CC(COCc3ccccc3)(C(=O)OCC(Cl)(Cl)Cl)CS[C@H]12. The van der Waals surface area contributed by atoms with Crippen LogP contribution in [0.15, 0.2) is 47.8 Å². The summed E-state index contributed by atoms with van der Waals surface area (Å²) >= 11 is 20.2. The average molecular weight is 578 g/mol. The van der Waals surface area contributed by atoms with Crippen LogP contribution < -0.4 is 4.90 Å². The molecule has 2 aromatic rings. The summed E-state index contributed by atoms with van der Waals surface area (Å²) in [7, 11) is 0. The van der Waals surface area contributed by atoms with Gasteiger partial charge in [0.25, 0.3) is 0 Å². The largest absolute Gasteiger partial charge is 0.461 e. The zero-order chi connectivity index (χ0) is 25.2. The van der Waals surface area contributed by atoms with E-state index in [0.717, 1.165) is 5.56 Å². The Labute approximate surface area is 226 Å². The highest BCUT2D eigenvalue weighted by Gasteiger charge is 2.60. The highest BCUT2D eigenvalue weighted by atomic mass is 35.6. The van der Waals surface area contributed by atoms with Gasteiger partial charge in [-0.15, -0.1) is 23.1 Å². The Morgan fingerprint density at radius 3 is 2.57 bits per heavy atom. The van der Waals surface area contributed by atoms with Crippen molar-refractivity contribution >= 4 is 80.7 Å². The minimum absolute atomic E-state index is 0.0239. The Morgan fingerprint density at radius 1 is 1.20 bits per heavy atom. The number of amides is 2. The molecule has 2 amide bonds. The molecule has 0 saturated carbocycles. The number of carbonyl (C=O) groups excluding carboxylic acids is 3. The molecule has 2 fully saturated rings. The van der Waals surface area contributed by atoms with Gasteiger partial charge in [0.15, 0.2) is 0 Å². The van der Waals surface area contributed by atoms with Crippen LogP contribution in [0.1, 0.15) is 12.5 Å². The smallest absolute Gasteiger partial charge is 0.317 e. The number of halogens is 3. The van der Waals surface area contributed by atoms with Crippen LogP contribution >= 0.6 is 57.9 Å². The fourth-order valence-corrected chi connectivity index (χ4v) is 6.65. The van der Waals surface area contributed by atoms with Crippen molar-refractivity contribution in [3.63, 3.8) is 0 Å². The summed E-state index contributed by atoms with van der Waals surface area (Å²) in [6.07, 6.45) is 0. The monoisotopic (exact) mass is 576 g/mol. The molecule has 1 aromatic heterocycles. The highest BCUT2D eigenvalue weighted by molar-refractivity contribution is 8.00. The van der Waals surface area contributed by atoms with E-state index < -0.39 is 27.8 Å². The average Bonchev–Trinajstić information content (AvgIpc) is 3.35. The molecular weight excluding hydrogens is 555 g/mol. The lowest BCUT2D eigenvalue weighted by Gasteiger charge is -2.56. The molecule has 4 rings (SSSR count). The lowest BCUT2D eigenvalue weighted by Crippen LogP contribution is -2.74. The van der Waals surface area contributed by atoms with E-state index in [1.165, 1.54) is 34.9 Å². The Kier molecular flexibility index (Phi) is 8.25. The summed E-state index contributed by atoms with van der Waals surface area (Å²) < 4.78 is 9.50. The molecule has 2 aliphatic rings. The van der Waals surface area contributed by atoms with Gasteiger partial charge < -0.3 is 14.4 Å². The predicted molar refractivity (Wildman–Crippen MR) is 139 cm³/mol. The number of benzene rings is 1. The summed E-state index contributed by atoms with van der Waals surface area (Å²) in [6, 6.07) is 12.6. The number of rotatable bonds is 8. The van der Waals surface area contributed by atoms with E-state index in [-0.39, 0.29) is 30.3 Å². The number of carbonyl (C=O) groups is 3. The van der Waals surface area contributed by atoms with E-state index >= 15 is 0 Å². The molecule has 0 spiro atoms. The van der Waals surface area contributed by atoms with E-state index in [0.29, 0.717) is 17.4 Å². The van der Waals surface area contributed by atoms with Crippen LogP contribution in [0, 0.1) is 5.41 Å². The lowest BCUT2D eigenvalue weighted by molar-refractivity contribution is -0.166. The zero-order valence-electron chi connectivity index (χ0n) is 18.7. The van der Waals surface area contributed by atoms with Gasteiger partial charge in [-0.05, 0) is 23.1 Å². The van der Waals surface area contributed by atoms with E-state index in [9.17, 15) is 14.4 Å². The van der Waals surface area contributed by atoms with Gasteiger partial charge in [-0.2, -0.15) is 0 Å². The first-order valence-corrected chi connectivity index (χ1v) is 13.8. The minimum Gasteiger partial charge on any atom is -0.461 e. The van der Waals surface area contributed by atoms with Gasteiger partial charge in [0.1, 0.15) is 23.4 Å². The van der Waals surface area contributed by atoms with Crippen molar-refractivity contribution in [2.75, 3.05) is 30.4 Å². The van der Waals surface area contributed by atoms with Gasteiger partial charge in [0, 0.05) is 19.2 Å². The number of β-lactam (4-membered cyclic amide) rings is 1. The Morgan fingerprint density at radius 2 is 1.94 bits per heavy atom. The summed E-state index contributed by atoms with van der Waals surface area (Å²) in [4.78, 5) is 42.0. The first-order valence-electron chi connectivity index (χ1n) is 10.7. The fourth-order valence-electron chi connectivity index (χ4n) is 4.11. The number of alkyl halides is 3. The minimum atomic E-state index is -1.76. The quantitative estimate of drug-likeness (QED) is 0.261. The number of fused-ring (bicyclic) bond motifs is 1. The second-order valence-electron chi connectivity index (χ2n) is 8.40. The van der Waals surface area contributed by atoms with Crippen molar-refractivity contribution < 1.29 is 23.9 Å². The van der Waals surface area contributed by atoms with Crippen LogP contribution in [0.3, 0.4) is 0 Å². The van der Waals surface area contributed by atoms with Crippen molar-refractivity contribution in [1.82, 2.24) is 4.90 Å². The number of thiophene rings is 1. The molecule has 0 bridgehead atoms. The van der Waals surface area contributed by atoms with Crippen molar-refractivity contribution in [3.05, 3.63) is 53.4 Å². The molecule has 3 atom stereocenters. The Hall–Kier alpha value is -1.49. The number of thioether (sulfide) groups is 1. The maximum Gasteiger partial charge on any atom is 0.317 e. The van der Waals surface area contributed by atoms with Crippen LogP contribution in [-0.4, -0.2) is 63.4 Å². The van der Waals surface area contributed by atoms with Crippen molar-refractivity contribution in [2.24, 2.45) is 5.41 Å². The lowest BCUT2D eigenvalue weighted by atomic mass is 9.87. The molecule has 1 aromatic carbocycles. The number of ether oxygens (including phenoxy) is 2. The van der Waals surface area contributed by atoms with Crippen molar-refractivity contribution in [1.29, 1.82) is 0 Å². The first-order chi connectivity index (χ1) is 16.6. The molecular formula is C23H23Cl3N2O5S2. The number of hydrogen-bond donors (Lipinski definition) is 0. The van der Waals surface area contributed by atoms with Gasteiger partial charge in [0.2, 0.25) is 15.6 Å². The molecule has 3 heterocycles. The van der Waals surface area contributed by atoms with Gasteiger partial charge >= 0.3 is 5.97 Å². The van der Waals surface area contributed by atoms with Crippen molar-refractivity contribution in [2.45, 2.75) is 28.7 Å². The maximum absolute atomic E-state index is 13.2. The third-order valence-corrected chi connectivity index (χ3v) is 8.54. The van der Waals surface area contributed by atoms with Crippen LogP contribution in [0.2, 0.25) is 0 Å². The molecule has 2 aliphatic heterocycles. The maximum atomic E-state index is 13.2. The number of esters is 1. The standard InChI is InChI=1S/C23H23Cl3N2O5S2/c1-15(29)28(17-8-5-9-34-17)18-19(30)27-11-22(14-35-20(18)27,21(31)33-13-23(24,25)26)12-32-10-16-6-3-2-4-7-16/h2-9,18,20H,10-14H2,1H3/t18?,20-,22?/m1/s1. The van der Waals surface area contributed by atoms with Gasteiger partial charge in [-0.3, -0.25) is 19.3 Å². The molecule has 7 nitrogen and oxygen atoms in total. The first kappa shape index (κ1) is 26.6. The topological polar surface area (TPSA) is 76.2 Å². The number of hydrogen-bond acceptors (Lipinski definition) is 7. The second kappa shape index (κ2) is 10.9. The normalized spacial score (nSPS) is 23.9. The highest BCUT2D eigenvalue weighted by Crippen LogP contribution is 2.46. The third-order valence-electron chi connectivity index (χ3n) is 5.77. The summed E-state index contributed by atoms with van der Waals surface area (Å²) in [5, 5.41) is 2.29. The molecule has 2 saturated heterocycles. The van der Waals surface area contributed by atoms with Crippen molar-refractivity contribution in [3.8, 4) is 0 Å². The predicted octanol–water partition coefficient (Wildman–Crippen LogP) is 4.50. The van der Waals surface area contributed by atoms with Crippen LogP contribution in [-0.2, 0) is 30.5 Å². The number of anilines is 1. The fraction of sp³-hybridized carbons (Fsp3) is 0.435. The van der Waals surface area contributed by atoms with Crippen LogP contribution in [0.5, 0.6) is 0 Å². The Balaban J connectivity index is 1.50. The Bertz CT molecular complexity index is 1070. The van der Waals surface area contributed by atoms with E-state index in [2.05, 4.69) is 0 Å². The molecule has 0 aliphatic carbocycles. The van der Waals surface area contributed by atoms with E-state index in [4.69, 9.17) is 44.3 Å². The van der Waals surface area contributed by atoms with Gasteiger partial charge in [-0.25, -0.2) is 0 Å². The molecule has 0 radical (unpaired) electrons. The molecule has 0 N–H and O–H groups in total. The number of nitrogens with zero attached hydrogens (tertiary/aromatic N) is 2. The zero-order valence-corrected chi connectivity index (χ0v) is 22.6.